The topological polar surface area (TPSA) is 29.1 Å². The van der Waals surface area contributed by atoms with Crippen molar-refractivity contribution in [3.8, 4) is 0 Å². The summed E-state index contributed by atoms with van der Waals surface area (Å²) in [5.41, 5.74) is 0.963. The van der Waals surface area contributed by atoms with Crippen LogP contribution >= 0.6 is 0 Å². The second kappa shape index (κ2) is 2.52. The molecular formula is C9H7F2NO. The Morgan fingerprint density at radius 2 is 2.00 bits per heavy atom. The summed E-state index contributed by atoms with van der Waals surface area (Å²) in [6.07, 6.45) is -0.505. The van der Waals surface area contributed by atoms with Crippen LogP contribution in [-0.4, -0.2) is 11.8 Å². The SMILES string of the molecule is O=C1Nc2ccccc2CC1(F)F. The summed E-state index contributed by atoms with van der Waals surface area (Å²) in [6.45, 7) is 0. The number of hydrogen-bond acceptors (Lipinski definition) is 1. The van der Waals surface area contributed by atoms with Crippen LogP contribution in [0.1, 0.15) is 5.56 Å². The summed E-state index contributed by atoms with van der Waals surface area (Å²) in [5.74, 6) is -4.49. The molecule has 0 aromatic heterocycles. The van der Waals surface area contributed by atoms with Crippen molar-refractivity contribution >= 4 is 11.6 Å². The van der Waals surface area contributed by atoms with Crippen LogP contribution in [0.15, 0.2) is 24.3 Å². The highest BCUT2D eigenvalue weighted by atomic mass is 19.3. The minimum absolute atomic E-state index is 0.479. The van der Waals surface area contributed by atoms with Gasteiger partial charge in [-0.1, -0.05) is 18.2 Å². The van der Waals surface area contributed by atoms with E-state index in [9.17, 15) is 13.6 Å². The Morgan fingerprint density at radius 1 is 1.31 bits per heavy atom. The molecule has 4 heteroatoms. The quantitative estimate of drug-likeness (QED) is 0.653. The van der Waals surface area contributed by atoms with Crippen molar-refractivity contribution < 1.29 is 13.6 Å². The zero-order valence-corrected chi connectivity index (χ0v) is 6.68. The number of amides is 1. The predicted molar refractivity (Wildman–Crippen MR) is 43.7 cm³/mol. The molecule has 0 atom stereocenters. The molecule has 0 saturated heterocycles. The van der Waals surface area contributed by atoms with Crippen LogP contribution in [0.5, 0.6) is 0 Å². The van der Waals surface area contributed by atoms with Gasteiger partial charge in [0.05, 0.1) is 0 Å². The van der Waals surface area contributed by atoms with Crippen molar-refractivity contribution in [2.45, 2.75) is 12.3 Å². The van der Waals surface area contributed by atoms with Gasteiger partial charge in [-0.15, -0.1) is 0 Å². The highest BCUT2D eigenvalue weighted by Gasteiger charge is 2.42. The summed E-state index contributed by atoms with van der Waals surface area (Å²) in [4.78, 5) is 10.8. The van der Waals surface area contributed by atoms with Gasteiger partial charge in [0.1, 0.15) is 0 Å². The minimum Gasteiger partial charge on any atom is -0.321 e. The van der Waals surface area contributed by atoms with E-state index in [-0.39, 0.29) is 0 Å². The Kier molecular flexibility index (Phi) is 1.58. The number of fused-ring (bicyclic) bond motifs is 1. The minimum atomic E-state index is -3.27. The van der Waals surface area contributed by atoms with Crippen molar-refractivity contribution in [3.63, 3.8) is 0 Å². The first-order valence-electron chi connectivity index (χ1n) is 3.87. The maximum absolute atomic E-state index is 12.9. The molecule has 1 amide bonds. The normalized spacial score (nSPS) is 19.1. The number of rotatable bonds is 0. The third kappa shape index (κ3) is 1.28. The first-order valence-corrected chi connectivity index (χ1v) is 3.87. The maximum atomic E-state index is 12.9. The standard InChI is InChI=1S/C9H7F2NO/c10-9(11)5-6-3-1-2-4-7(6)12-8(9)13/h1-4H,5H2,(H,12,13). The Bertz CT molecular complexity index is 362. The van der Waals surface area contributed by atoms with E-state index in [1.165, 1.54) is 0 Å². The Balaban J connectivity index is 2.44. The molecule has 2 nitrogen and oxygen atoms in total. The molecule has 0 saturated carbocycles. The lowest BCUT2D eigenvalue weighted by molar-refractivity contribution is -0.140. The van der Waals surface area contributed by atoms with E-state index in [4.69, 9.17) is 0 Å². The molecule has 1 heterocycles. The molecule has 0 spiro atoms. The van der Waals surface area contributed by atoms with Gasteiger partial charge in [-0.05, 0) is 11.6 Å². The van der Waals surface area contributed by atoms with Crippen molar-refractivity contribution in [2.24, 2.45) is 0 Å². The van der Waals surface area contributed by atoms with Crippen molar-refractivity contribution in [1.82, 2.24) is 0 Å². The van der Waals surface area contributed by atoms with Crippen molar-refractivity contribution in [2.75, 3.05) is 5.32 Å². The second-order valence-electron chi connectivity index (χ2n) is 2.99. The number of carbonyl (C=O) groups excluding carboxylic acids is 1. The van der Waals surface area contributed by atoms with Crippen LogP contribution in [0.4, 0.5) is 14.5 Å². The van der Waals surface area contributed by atoms with E-state index in [0.29, 0.717) is 11.3 Å². The largest absolute Gasteiger partial charge is 0.328 e. The Hall–Kier alpha value is -1.45. The van der Waals surface area contributed by atoms with Gasteiger partial charge in [0.25, 0.3) is 5.91 Å². The molecule has 1 N–H and O–H groups in total. The summed E-state index contributed by atoms with van der Waals surface area (Å²) in [6, 6.07) is 6.57. The van der Waals surface area contributed by atoms with Gasteiger partial charge in [0.2, 0.25) is 0 Å². The van der Waals surface area contributed by atoms with E-state index < -0.39 is 18.3 Å². The fourth-order valence-corrected chi connectivity index (χ4v) is 1.33. The first kappa shape index (κ1) is 8.16. The number of para-hydroxylation sites is 1. The van der Waals surface area contributed by atoms with Crippen molar-refractivity contribution in [1.29, 1.82) is 0 Å². The Labute approximate surface area is 73.6 Å². The fourth-order valence-electron chi connectivity index (χ4n) is 1.33. The lowest BCUT2D eigenvalue weighted by atomic mass is 10.0. The third-order valence-corrected chi connectivity index (χ3v) is 2.01. The van der Waals surface area contributed by atoms with Gasteiger partial charge in [-0.25, -0.2) is 0 Å². The summed E-state index contributed by atoms with van der Waals surface area (Å²) >= 11 is 0. The first-order chi connectivity index (χ1) is 6.09. The fraction of sp³-hybridized carbons (Fsp3) is 0.222. The smallest absolute Gasteiger partial charge is 0.321 e. The zero-order valence-electron chi connectivity index (χ0n) is 6.68. The number of hydrogen-bond donors (Lipinski definition) is 1. The molecule has 2 rings (SSSR count). The van der Waals surface area contributed by atoms with Gasteiger partial charge < -0.3 is 5.32 Å². The number of carbonyl (C=O) groups is 1. The Morgan fingerprint density at radius 3 is 2.77 bits per heavy atom. The molecule has 13 heavy (non-hydrogen) atoms. The molecule has 0 bridgehead atoms. The van der Waals surface area contributed by atoms with Gasteiger partial charge >= 0.3 is 5.92 Å². The van der Waals surface area contributed by atoms with Gasteiger partial charge in [-0.3, -0.25) is 4.79 Å². The summed E-state index contributed by atoms with van der Waals surface area (Å²) in [7, 11) is 0. The van der Waals surface area contributed by atoms with Crippen molar-refractivity contribution in [3.05, 3.63) is 29.8 Å². The molecule has 1 aromatic carbocycles. The van der Waals surface area contributed by atoms with E-state index >= 15 is 0 Å². The molecule has 0 aliphatic carbocycles. The van der Waals surface area contributed by atoms with Crippen LogP contribution < -0.4 is 5.32 Å². The van der Waals surface area contributed by atoms with E-state index in [2.05, 4.69) is 5.32 Å². The molecule has 0 unspecified atom stereocenters. The lowest BCUT2D eigenvalue weighted by Gasteiger charge is -2.23. The highest BCUT2D eigenvalue weighted by Crippen LogP contribution is 2.30. The molecule has 68 valence electrons. The third-order valence-electron chi connectivity index (χ3n) is 2.01. The zero-order chi connectivity index (χ0) is 9.47. The van der Waals surface area contributed by atoms with Crippen LogP contribution in [0, 0.1) is 0 Å². The van der Waals surface area contributed by atoms with Gasteiger partial charge in [0, 0.05) is 12.1 Å². The van der Waals surface area contributed by atoms with Gasteiger partial charge in [-0.2, -0.15) is 8.78 Å². The molecule has 0 fully saturated rings. The van der Waals surface area contributed by atoms with Crippen LogP contribution in [0.25, 0.3) is 0 Å². The lowest BCUT2D eigenvalue weighted by Crippen LogP contribution is -2.40. The number of anilines is 1. The molecule has 1 aliphatic heterocycles. The average Bonchev–Trinajstić information content (AvgIpc) is 2.06. The maximum Gasteiger partial charge on any atom is 0.328 e. The predicted octanol–water partition coefficient (Wildman–Crippen LogP) is 1.82. The molecule has 1 aromatic rings. The van der Waals surface area contributed by atoms with Crippen LogP contribution in [0.2, 0.25) is 0 Å². The number of benzene rings is 1. The number of nitrogens with one attached hydrogen (secondary N) is 1. The number of alkyl halides is 2. The molecule has 0 radical (unpaired) electrons. The summed E-state index contributed by atoms with van der Waals surface area (Å²) in [5, 5.41) is 2.16. The average molecular weight is 183 g/mol. The highest BCUT2D eigenvalue weighted by molar-refractivity contribution is 5.99. The second-order valence-corrected chi connectivity index (χ2v) is 2.99. The molecular weight excluding hydrogens is 176 g/mol. The van der Waals surface area contributed by atoms with E-state index in [1.54, 1.807) is 24.3 Å². The van der Waals surface area contributed by atoms with E-state index in [0.717, 1.165) is 0 Å². The van der Waals surface area contributed by atoms with E-state index in [1.807, 2.05) is 0 Å². The molecule has 1 aliphatic rings. The van der Waals surface area contributed by atoms with Crippen LogP contribution in [0.3, 0.4) is 0 Å². The van der Waals surface area contributed by atoms with Gasteiger partial charge in [0.15, 0.2) is 0 Å². The monoisotopic (exact) mass is 183 g/mol. The summed E-state index contributed by atoms with van der Waals surface area (Å²) < 4.78 is 25.7. The number of halogens is 2. The van der Waals surface area contributed by atoms with Crippen LogP contribution in [-0.2, 0) is 11.2 Å².